The second-order valence-electron chi connectivity index (χ2n) is 4.47. The minimum Gasteiger partial charge on any atom is -0.481 e. The molecule has 1 saturated carbocycles. The van der Waals surface area contributed by atoms with E-state index in [1.165, 1.54) is 17.8 Å². The van der Waals surface area contributed by atoms with E-state index in [-0.39, 0.29) is 16.7 Å². The zero-order chi connectivity index (χ0) is 13.1. The first-order valence-electron chi connectivity index (χ1n) is 6.10. The SMILES string of the molecule is CCCc1cc(=O)[nH]c(SC2CCC2C(=O)O)n1. The Bertz CT molecular complexity index is 500. The van der Waals surface area contributed by atoms with Gasteiger partial charge in [0.25, 0.3) is 5.56 Å². The first kappa shape index (κ1) is 13.1. The monoisotopic (exact) mass is 268 g/mol. The van der Waals surface area contributed by atoms with Crippen molar-refractivity contribution in [2.24, 2.45) is 5.92 Å². The van der Waals surface area contributed by atoms with Crippen molar-refractivity contribution >= 4 is 17.7 Å². The number of carboxylic acids is 1. The average Bonchev–Trinajstić information content (AvgIpc) is 2.23. The number of carboxylic acid groups (broad SMARTS) is 1. The van der Waals surface area contributed by atoms with Crippen LogP contribution in [-0.4, -0.2) is 26.3 Å². The van der Waals surface area contributed by atoms with Crippen molar-refractivity contribution in [2.45, 2.75) is 43.0 Å². The van der Waals surface area contributed by atoms with Crippen molar-refractivity contribution in [3.63, 3.8) is 0 Å². The van der Waals surface area contributed by atoms with Gasteiger partial charge in [-0.2, -0.15) is 0 Å². The third kappa shape index (κ3) is 2.93. The van der Waals surface area contributed by atoms with Crippen molar-refractivity contribution in [3.8, 4) is 0 Å². The lowest BCUT2D eigenvalue weighted by atomic mass is 9.85. The number of aryl methyl sites for hydroxylation is 1. The van der Waals surface area contributed by atoms with Crippen LogP contribution in [0.4, 0.5) is 0 Å². The summed E-state index contributed by atoms with van der Waals surface area (Å²) in [6.07, 6.45) is 3.28. The molecule has 1 aliphatic rings. The van der Waals surface area contributed by atoms with Gasteiger partial charge >= 0.3 is 5.97 Å². The average molecular weight is 268 g/mol. The molecule has 0 spiro atoms. The summed E-state index contributed by atoms with van der Waals surface area (Å²) >= 11 is 1.37. The molecule has 1 aromatic rings. The highest BCUT2D eigenvalue weighted by Gasteiger charge is 2.37. The van der Waals surface area contributed by atoms with Crippen LogP contribution in [0, 0.1) is 5.92 Å². The van der Waals surface area contributed by atoms with Gasteiger partial charge in [0.05, 0.1) is 5.92 Å². The third-order valence-corrected chi connectivity index (χ3v) is 4.35. The predicted octanol–water partition coefficient (Wildman–Crippen LogP) is 1.68. The highest BCUT2D eigenvalue weighted by Crippen LogP contribution is 2.40. The third-order valence-electron chi connectivity index (χ3n) is 3.07. The molecule has 1 aromatic heterocycles. The summed E-state index contributed by atoms with van der Waals surface area (Å²) in [7, 11) is 0. The van der Waals surface area contributed by atoms with Gasteiger partial charge in [-0.05, 0) is 19.3 Å². The number of aliphatic carboxylic acids is 1. The van der Waals surface area contributed by atoms with E-state index in [0.717, 1.165) is 25.0 Å². The summed E-state index contributed by atoms with van der Waals surface area (Å²) < 4.78 is 0. The molecule has 2 rings (SSSR count). The van der Waals surface area contributed by atoms with Crippen LogP contribution in [-0.2, 0) is 11.2 Å². The molecule has 0 saturated heterocycles. The first-order valence-corrected chi connectivity index (χ1v) is 6.98. The van der Waals surface area contributed by atoms with Gasteiger partial charge in [0, 0.05) is 17.0 Å². The van der Waals surface area contributed by atoms with E-state index in [1.807, 2.05) is 6.92 Å². The second-order valence-corrected chi connectivity index (χ2v) is 5.70. The lowest BCUT2D eigenvalue weighted by molar-refractivity contribution is -0.144. The van der Waals surface area contributed by atoms with Crippen LogP contribution >= 0.6 is 11.8 Å². The van der Waals surface area contributed by atoms with Crippen LogP contribution in [0.5, 0.6) is 0 Å². The molecule has 5 nitrogen and oxygen atoms in total. The molecule has 2 N–H and O–H groups in total. The zero-order valence-electron chi connectivity index (χ0n) is 10.2. The Balaban J connectivity index is 2.09. The van der Waals surface area contributed by atoms with Gasteiger partial charge in [0.2, 0.25) is 0 Å². The van der Waals surface area contributed by atoms with E-state index < -0.39 is 5.97 Å². The predicted molar refractivity (Wildman–Crippen MR) is 68.9 cm³/mol. The molecule has 2 atom stereocenters. The Hall–Kier alpha value is -1.30. The summed E-state index contributed by atoms with van der Waals surface area (Å²) in [4.78, 5) is 29.4. The van der Waals surface area contributed by atoms with E-state index in [2.05, 4.69) is 9.97 Å². The fourth-order valence-electron chi connectivity index (χ4n) is 1.96. The number of hydrogen-bond acceptors (Lipinski definition) is 4. The Morgan fingerprint density at radius 3 is 2.94 bits per heavy atom. The largest absolute Gasteiger partial charge is 0.481 e. The second kappa shape index (κ2) is 5.56. The van der Waals surface area contributed by atoms with E-state index in [1.54, 1.807) is 0 Å². The molecule has 0 bridgehead atoms. The molecule has 2 unspecified atom stereocenters. The van der Waals surface area contributed by atoms with Gasteiger partial charge in [-0.15, -0.1) is 0 Å². The zero-order valence-corrected chi connectivity index (χ0v) is 11.0. The Kier molecular flexibility index (Phi) is 4.06. The van der Waals surface area contributed by atoms with Gasteiger partial charge in [-0.3, -0.25) is 9.59 Å². The Labute approximate surface area is 109 Å². The highest BCUT2D eigenvalue weighted by atomic mass is 32.2. The summed E-state index contributed by atoms with van der Waals surface area (Å²) in [6.45, 7) is 2.03. The molecule has 18 heavy (non-hydrogen) atoms. The van der Waals surface area contributed by atoms with Gasteiger partial charge in [0.1, 0.15) is 0 Å². The minimum absolute atomic E-state index is 0.0301. The summed E-state index contributed by atoms with van der Waals surface area (Å²) in [5.41, 5.74) is 0.608. The first-order chi connectivity index (χ1) is 8.60. The molecule has 0 aliphatic heterocycles. The van der Waals surface area contributed by atoms with Gasteiger partial charge in [-0.1, -0.05) is 25.1 Å². The van der Waals surface area contributed by atoms with Crippen LogP contribution in [0.25, 0.3) is 0 Å². The number of thioether (sulfide) groups is 1. The van der Waals surface area contributed by atoms with Crippen LogP contribution < -0.4 is 5.56 Å². The Morgan fingerprint density at radius 2 is 2.39 bits per heavy atom. The van der Waals surface area contributed by atoms with Crippen molar-refractivity contribution < 1.29 is 9.90 Å². The van der Waals surface area contributed by atoms with Crippen molar-refractivity contribution in [1.29, 1.82) is 0 Å². The maximum Gasteiger partial charge on any atom is 0.307 e. The molecular weight excluding hydrogens is 252 g/mol. The number of H-pyrrole nitrogens is 1. The summed E-state index contributed by atoms with van der Waals surface area (Å²) in [6, 6.07) is 1.50. The van der Waals surface area contributed by atoms with E-state index in [4.69, 9.17) is 5.11 Å². The quantitative estimate of drug-likeness (QED) is 0.794. The normalized spacial score (nSPS) is 22.5. The fourth-order valence-corrected chi connectivity index (χ4v) is 3.25. The maximum atomic E-state index is 11.5. The van der Waals surface area contributed by atoms with Gasteiger partial charge in [0.15, 0.2) is 5.16 Å². The molecule has 0 amide bonds. The smallest absolute Gasteiger partial charge is 0.307 e. The molecule has 0 aromatic carbocycles. The number of carbonyl (C=O) groups is 1. The molecular formula is C12H16N2O3S. The molecule has 6 heteroatoms. The van der Waals surface area contributed by atoms with Gasteiger partial charge in [-0.25, -0.2) is 4.98 Å². The minimum atomic E-state index is -0.759. The Morgan fingerprint density at radius 1 is 1.61 bits per heavy atom. The number of aromatic nitrogens is 2. The number of aromatic amines is 1. The molecule has 1 aliphatic carbocycles. The molecule has 98 valence electrons. The van der Waals surface area contributed by atoms with Crippen LogP contribution in [0.2, 0.25) is 0 Å². The number of rotatable bonds is 5. The number of nitrogens with zero attached hydrogens (tertiary/aromatic N) is 1. The van der Waals surface area contributed by atoms with E-state index >= 15 is 0 Å². The highest BCUT2D eigenvalue weighted by molar-refractivity contribution is 7.99. The summed E-state index contributed by atoms with van der Waals surface area (Å²) in [5.74, 6) is -1.07. The lowest BCUT2D eigenvalue weighted by Gasteiger charge is -2.31. The summed E-state index contributed by atoms with van der Waals surface area (Å²) in [5, 5.41) is 9.54. The van der Waals surface area contributed by atoms with Gasteiger partial charge < -0.3 is 10.1 Å². The fraction of sp³-hybridized carbons (Fsp3) is 0.583. The topological polar surface area (TPSA) is 83.0 Å². The molecule has 0 radical (unpaired) electrons. The van der Waals surface area contributed by atoms with Crippen molar-refractivity contribution in [1.82, 2.24) is 9.97 Å². The molecule has 1 heterocycles. The van der Waals surface area contributed by atoms with E-state index in [0.29, 0.717) is 11.6 Å². The number of nitrogens with one attached hydrogen (secondary N) is 1. The van der Waals surface area contributed by atoms with Crippen molar-refractivity contribution in [2.75, 3.05) is 0 Å². The van der Waals surface area contributed by atoms with Crippen LogP contribution in [0.1, 0.15) is 31.9 Å². The molecule has 1 fully saturated rings. The van der Waals surface area contributed by atoms with Crippen LogP contribution in [0.15, 0.2) is 16.0 Å². The van der Waals surface area contributed by atoms with Crippen LogP contribution in [0.3, 0.4) is 0 Å². The van der Waals surface area contributed by atoms with Crippen molar-refractivity contribution in [3.05, 3.63) is 22.1 Å². The standard InChI is InChI=1S/C12H16N2O3S/c1-2-3-7-6-10(15)14-12(13-7)18-9-5-4-8(9)11(16)17/h6,8-9H,2-5H2,1H3,(H,16,17)(H,13,14,15). The lowest BCUT2D eigenvalue weighted by Crippen LogP contribution is -2.35. The maximum absolute atomic E-state index is 11.5. The van der Waals surface area contributed by atoms with E-state index in [9.17, 15) is 9.59 Å². The number of hydrogen-bond donors (Lipinski definition) is 2.